The number of anilines is 3. The third-order valence-corrected chi connectivity index (χ3v) is 7.26. The van der Waals surface area contributed by atoms with Gasteiger partial charge in [-0.15, -0.1) is 0 Å². The molecule has 12 heteroatoms. The summed E-state index contributed by atoms with van der Waals surface area (Å²) in [5.41, 5.74) is 5.99. The van der Waals surface area contributed by atoms with Crippen molar-refractivity contribution in [3.8, 4) is 0 Å². The third kappa shape index (κ3) is 4.62. The largest absolute Gasteiger partial charge is 0.391 e. The number of primary amides is 1. The number of aromatic nitrogens is 4. The second kappa shape index (κ2) is 9.54. The van der Waals surface area contributed by atoms with Crippen LogP contribution in [-0.2, 0) is 4.79 Å². The number of hydrogen-bond donors (Lipinski definition) is 4. The maximum absolute atomic E-state index is 14.7. The average Bonchev–Trinajstić information content (AvgIpc) is 3.41. The van der Waals surface area contributed by atoms with E-state index < -0.39 is 23.4 Å². The first kappa shape index (κ1) is 23.7. The van der Waals surface area contributed by atoms with Crippen molar-refractivity contribution in [1.82, 2.24) is 19.5 Å². The number of carbonyl (C=O) groups is 1. The van der Waals surface area contributed by atoms with Gasteiger partial charge in [-0.25, -0.2) is 18.7 Å². The molecule has 5 rings (SSSR count). The maximum Gasteiger partial charge on any atom is 0.225 e. The molecule has 1 amide bonds. The summed E-state index contributed by atoms with van der Waals surface area (Å²) in [4.78, 5) is 25.2. The van der Waals surface area contributed by atoms with E-state index in [1.165, 1.54) is 6.20 Å². The molecule has 0 radical (unpaired) electrons. The van der Waals surface area contributed by atoms with Crippen molar-refractivity contribution >= 4 is 46.3 Å². The number of imidazole rings is 1. The molecule has 2 saturated carbocycles. The normalized spacial score (nSPS) is 24.6. The summed E-state index contributed by atoms with van der Waals surface area (Å²) in [5.74, 6) is -1.75. The van der Waals surface area contributed by atoms with Crippen LogP contribution in [0, 0.1) is 17.6 Å². The van der Waals surface area contributed by atoms with Gasteiger partial charge in [0.05, 0.1) is 23.4 Å². The Labute approximate surface area is 205 Å². The number of aliphatic hydroxyl groups is 1. The predicted octanol–water partition coefficient (Wildman–Crippen LogP) is 4.04. The van der Waals surface area contributed by atoms with Gasteiger partial charge in [0.15, 0.2) is 11.5 Å². The summed E-state index contributed by atoms with van der Waals surface area (Å²) in [6.45, 7) is 0. The highest BCUT2D eigenvalue weighted by Crippen LogP contribution is 2.38. The van der Waals surface area contributed by atoms with Crippen molar-refractivity contribution in [2.24, 2.45) is 11.7 Å². The number of nitrogens with two attached hydrogens (primary N) is 1. The Hall–Kier alpha value is -3.05. The van der Waals surface area contributed by atoms with E-state index in [0.29, 0.717) is 49.2 Å². The molecule has 2 heterocycles. The molecule has 1 aromatic carbocycles. The summed E-state index contributed by atoms with van der Waals surface area (Å²) < 4.78 is 31.0. The van der Waals surface area contributed by atoms with E-state index in [1.54, 1.807) is 4.57 Å². The number of nitrogens with one attached hydrogen (secondary N) is 2. The molecular weight excluding hydrogens is 480 g/mol. The number of amides is 1. The lowest BCUT2D eigenvalue weighted by Gasteiger charge is -2.29. The minimum atomic E-state index is -0.925. The standard InChI is InChI=1S/C23H26ClF2N7O2/c24-13-8-9-14(25)19(18(13)26)31-23-30-16-10-28-22(29-15-2-1-3-17(15)34)32-21(16)33(23)12-6-4-11(5-7-12)20(27)35/h8-12,15,17,34H,1-7H2,(H2,27,35)(H,30,31)(H,28,29,32)/t11-,12-,15-,17-/m1/s1. The number of fused-ring (bicyclic) bond motifs is 1. The number of halogens is 3. The van der Waals surface area contributed by atoms with E-state index in [-0.39, 0.29) is 34.9 Å². The summed E-state index contributed by atoms with van der Waals surface area (Å²) in [6.07, 6.45) is 5.89. The van der Waals surface area contributed by atoms with Crippen LogP contribution >= 0.6 is 11.6 Å². The maximum atomic E-state index is 14.7. The van der Waals surface area contributed by atoms with Gasteiger partial charge in [0, 0.05) is 12.0 Å². The van der Waals surface area contributed by atoms with E-state index in [2.05, 4.69) is 25.6 Å². The number of carbonyl (C=O) groups excluding carboxylic acids is 1. The van der Waals surface area contributed by atoms with E-state index in [4.69, 9.17) is 17.3 Å². The van der Waals surface area contributed by atoms with Gasteiger partial charge in [0.2, 0.25) is 17.8 Å². The van der Waals surface area contributed by atoms with Gasteiger partial charge in [-0.3, -0.25) is 9.36 Å². The van der Waals surface area contributed by atoms with Gasteiger partial charge < -0.3 is 21.5 Å². The highest BCUT2D eigenvalue weighted by Gasteiger charge is 2.30. The summed E-state index contributed by atoms with van der Waals surface area (Å²) >= 11 is 5.87. The smallest absolute Gasteiger partial charge is 0.225 e. The van der Waals surface area contributed by atoms with Gasteiger partial charge in [-0.1, -0.05) is 11.6 Å². The number of nitrogens with zero attached hydrogens (tertiary/aromatic N) is 4. The lowest BCUT2D eigenvalue weighted by Crippen LogP contribution is -2.29. The molecule has 35 heavy (non-hydrogen) atoms. The van der Waals surface area contributed by atoms with Crippen LogP contribution in [0.1, 0.15) is 51.0 Å². The number of hydrogen-bond acceptors (Lipinski definition) is 7. The number of rotatable bonds is 6. The van der Waals surface area contributed by atoms with Crippen LogP contribution in [-0.4, -0.2) is 42.7 Å². The zero-order chi connectivity index (χ0) is 24.7. The highest BCUT2D eigenvalue weighted by atomic mass is 35.5. The van der Waals surface area contributed by atoms with Crippen molar-refractivity contribution in [3.05, 3.63) is 35.0 Å². The Balaban J connectivity index is 1.54. The first-order valence-electron chi connectivity index (χ1n) is 11.7. The Morgan fingerprint density at radius 2 is 1.91 bits per heavy atom. The fourth-order valence-corrected chi connectivity index (χ4v) is 5.20. The van der Waals surface area contributed by atoms with Crippen LogP contribution in [0.5, 0.6) is 0 Å². The fourth-order valence-electron chi connectivity index (χ4n) is 5.04. The quantitative estimate of drug-likeness (QED) is 0.372. The van der Waals surface area contributed by atoms with Crippen LogP contribution < -0.4 is 16.4 Å². The monoisotopic (exact) mass is 505 g/mol. The second-order valence-corrected chi connectivity index (χ2v) is 9.62. The lowest BCUT2D eigenvalue weighted by atomic mass is 9.85. The van der Waals surface area contributed by atoms with Crippen LogP contribution in [0.25, 0.3) is 11.2 Å². The first-order chi connectivity index (χ1) is 16.8. The number of benzene rings is 1. The second-order valence-electron chi connectivity index (χ2n) is 9.21. The molecule has 2 aliphatic carbocycles. The first-order valence-corrected chi connectivity index (χ1v) is 12.1. The van der Waals surface area contributed by atoms with Crippen molar-refractivity contribution in [2.75, 3.05) is 10.6 Å². The molecular formula is C23H26ClF2N7O2. The molecule has 0 unspecified atom stereocenters. The minimum absolute atomic E-state index is 0.136. The third-order valence-electron chi connectivity index (χ3n) is 6.97. The van der Waals surface area contributed by atoms with Gasteiger partial charge >= 0.3 is 0 Å². The van der Waals surface area contributed by atoms with Gasteiger partial charge in [-0.05, 0) is 57.1 Å². The van der Waals surface area contributed by atoms with E-state index in [9.17, 15) is 18.7 Å². The molecule has 0 saturated heterocycles. The Kier molecular flexibility index (Phi) is 6.45. The molecule has 0 aliphatic heterocycles. The Bertz CT molecular complexity index is 1260. The summed E-state index contributed by atoms with van der Waals surface area (Å²) in [7, 11) is 0. The number of aliphatic hydroxyl groups excluding tert-OH is 1. The molecule has 0 spiro atoms. The molecule has 2 atom stereocenters. The zero-order valence-electron chi connectivity index (χ0n) is 18.8. The summed E-state index contributed by atoms with van der Waals surface area (Å²) in [5, 5.41) is 15.9. The molecule has 3 aromatic rings. The summed E-state index contributed by atoms with van der Waals surface area (Å²) in [6, 6.07) is 1.94. The van der Waals surface area contributed by atoms with Crippen LogP contribution in [0.4, 0.5) is 26.4 Å². The topological polar surface area (TPSA) is 131 Å². The van der Waals surface area contributed by atoms with E-state index in [1.807, 2.05) is 0 Å². The molecule has 2 fully saturated rings. The Morgan fingerprint density at radius 1 is 1.14 bits per heavy atom. The molecule has 2 aliphatic rings. The van der Waals surface area contributed by atoms with Crippen LogP contribution in [0.3, 0.4) is 0 Å². The lowest BCUT2D eigenvalue weighted by molar-refractivity contribution is -0.122. The van der Waals surface area contributed by atoms with Gasteiger partial charge in [-0.2, -0.15) is 4.98 Å². The minimum Gasteiger partial charge on any atom is -0.391 e. The average molecular weight is 506 g/mol. The van der Waals surface area contributed by atoms with Crippen molar-refractivity contribution in [1.29, 1.82) is 0 Å². The fraction of sp³-hybridized carbons (Fsp3) is 0.478. The SMILES string of the molecule is NC(=O)[C@H]1CC[C@H](n2c(Nc3c(F)ccc(Cl)c3F)nc3cnc(N[C@@H]4CCC[C@H]4O)nc32)CC1. The molecule has 5 N–H and O–H groups in total. The van der Waals surface area contributed by atoms with E-state index in [0.717, 1.165) is 25.0 Å². The molecule has 2 aromatic heterocycles. The highest BCUT2D eigenvalue weighted by molar-refractivity contribution is 6.31. The van der Waals surface area contributed by atoms with Gasteiger partial charge in [0.1, 0.15) is 17.0 Å². The van der Waals surface area contributed by atoms with Crippen molar-refractivity contribution in [2.45, 2.75) is 63.1 Å². The van der Waals surface area contributed by atoms with Gasteiger partial charge in [0.25, 0.3) is 0 Å². The molecule has 0 bridgehead atoms. The van der Waals surface area contributed by atoms with Crippen molar-refractivity contribution < 1.29 is 18.7 Å². The molecule has 9 nitrogen and oxygen atoms in total. The van der Waals surface area contributed by atoms with Crippen LogP contribution in [0.2, 0.25) is 5.02 Å². The zero-order valence-corrected chi connectivity index (χ0v) is 19.6. The van der Waals surface area contributed by atoms with Crippen LogP contribution in [0.15, 0.2) is 18.3 Å². The molecule has 186 valence electrons. The van der Waals surface area contributed by atoms with E-state index >= 15 is 0 Å². The Morgan fingerprint density at radius 3 is 2.60 bits per heavy atom. The van der Waals surface area contributed by atoms with Crippen molar-refractivity contribution in [3.63, 3.8) is 0 Å². The predicted molar refractivity (Wildman–Crippen MR) is 127 cm³/mol.